The van der Waals surface area contributed by atoms with Crippen LogP contribution < -0.4 is 9.62 Å². The van der Waals surface area contributed by atoms with Crippen molar-refractivity contribution in [1.82, 2.24) is 10.2 Å². The third kappa shape index (κ3) is 9.37. The predicted octanol–water partition coefficient (Wildman–Crippen LogP) is 5.28. The number of halogens is 2. The fourth-order valence-electron chi connectivity index (χ4n) is 4.03. The van der Waals surface area contributed by atoms with Crippen LogP contribution in [0.25, 0.3) is 0 Å². The molecule has 3 aromatic rings. The van der Waals surface area contributed by atoms with Gasteiger partial charge in [0.2, 0.25) is 21.8 Å². The summed E-state index contributed by atoms with van der Waals surface area (Å²) in [5, 5.41) is 3.46. The van der Waals surface area contributed by atoms with Gasteiger partial charge in [-0.1, -0.05) is 83.8 Å². The van der Waals surface area contributed by atoms with Crippen LogP contribution in [-0.2, 0) is 32.6 Å². The molecular formula is C29H33BrClN3O4S. The number of hydrogen-bond donors (Lipinski definition) is 1. The van der Waals surface area contributed by atoms with Crippen molar-refractivity contribution in [2.24, 2.45) is 5.92 Å². The van der Waals surface area contributed by atoms with Gasteiger partial charge in [0.05, 0.1) is 11.9 Å². The molecule has 10 heteroatoms. The van der Waals surface area contributed by atoms with Crippen molar-refractivity contribution >= 4 is 55.1 Å². The molecule has 0 aliphatic carbocycles. The molecule has 2 amide bonds. The largest absolute Gasteiger partial charge is 0.354 e. The van der Waals surface area contributed by atoms with Crippen molar-refractivity contribution in [3.05, 3.63) is 99.5 Å². The van der Waals surface area contributed by atoms with E-state index in [0.29, 0.717) is 17.3 Å². The molecule has 0 aliphatic heterocycles. The van der Waals surface area contributed by atoms with Gasteiger partial charge >= 0.3 is 0 Å². The van der Waals surface area contributed by atoms with Crippen molar-refractivity contribution in [3.63, 3.8) is 0 Å². The Kier molecular flexibility index (Phi) is 11.0. The zero-order valence-corrected chi connectivity index (χ0v) is 25.3. The molecule has 0 fully saturated rings. The highest BCUT2D eigenvalue weighted by atomic mass is 79.9. The third-order valence-corrected chi connectivity index (χ3v) is 7.90. The molecule has 0 bridgehead atoms. The van der Waals surface area contributed by atoms with Gasteiger partial charge in [-0.25, -0.2) is 8.42 Å². The monoisotopic (exact) mass is 633 g/mol. The summed E-state index contributed by atoms with van der Waals surface area (Å²) in [5.41, 5.74) is 1.94. The highest BCUT2D eigenvalue weighted by Crippen LogP contribution is 2.23. The molecule has 0 heterocycles. The second kappa shape index (κ2) is 14.0. The Balaban J connectivity index is 2.04. The highest BCUT2D eigenvalue weighted by molar-refractivity contribution is 9.10. The van der Waals surface area contributed by atoms with Crippen LogP contribution in [0.4, 0.5) is 5.69 Å². The fraction of sp³-hybridized carbons (Fsp3) is 0.310. The average molecular weight is 635 g/mol. The summed E-state index contributed by atoms with van der Waals surface area (Å²) in [4.78, 5) is 29.0. The van der Waals surface area contributed by atoms with Crippen LogP contribution in [0.15, 0.2) is 83.3 Å². The molecule has 3 rings (SSSR count). The van der Waals surface area contributed by atoms with E-state index in [2.05, 4.69) is 21.2 Å². The Bertz CT molecular complexity index is 1370. The summed E-state index contributed by atoms with van der Waals surface area (Å²) in [6, 6.07) is 22.3. The first-order chi connectivity index (χ1) is 18.4. The van der Waals surface area contributed by atoms with Crippen molar-refractivity contribution in [1.29, 1.82) is 0 Å². The maximum absolute atomic E-state index is 14.0. The first-order valence-electron chi connectivity index (χ1n) is 12.5. The summed E-state index contributed by atoms with van der Waals surface area (Å²) in [7, 11) is -3.82. The van der Waals surface area contributed by atoms with Crippen LogP contribution in [0.1, 0.15) is 25.0 Å². The SMILES string of the molecule is CC(C)CNC(=O)[C@H](Cc1ccccc1)N(Cc1cccc(Cl)c1)C(=O)CN(c1ccc(Br)cc1)S(C)(=O)=O. The normalized spacial score (nSPS) is 12.2. The minimum absolute atomic E-state index is 0.0733. The van der Waals surface area contributed by atoms with E-state index in [1.807, 2.05) is 50.2 Å². The zero-order valence-electron chi connectivity index (χ0n) is 22.2. The van der Waals surface area contributed by atoms with Gasteiger partial charge in [-0.3, -0.25) is 13.9 Å². The average Bonchev–Trinajstić information content (AvgIpc) is 2.88. The van der Waals surface area contributed by atoms with Crippen LogP contribution in [0.5, 0.6) is 0 Å². The topological polar surface area (TPSA) is 86.8 Å². The van der Waals surface area contributed by atoms with Crippen LogP contribution in [0.2, 0.25) is 5.02 Å². The van der Waals surface area contributed by atoms with Gasteiger partial charge in [0.15, 0.2) is 0 Å². The molecule has 3 aromatic carbocycles. The van der Waals surface area contributed by atoms with Crippen molar-refractivity contribution in [2.75, 3.05) is 23.7 Å². The standard InChI is InChI=1S/C29H33BrClN3O4S/c1-21(2)18-32-29(36)27(17-22-8-5-4-6-9-22)33(19-23-10-7-11-25(31)16-23)28(35)20-34(39(3,37)38)26-14-12-24(30)13-15-26/h4-16,21,27H,17-20H2,1-3H3,(H,32,36)/t27-/m0/s1. The number of amides is 2. The Morgan fingerprint density at radius 1 is 0.949 bits per heavy atom. The summed E-state index contributed by atoms with van der Waals surface area (Å²) in [6.45, 7) is 4.03. The van der Waals surface area contributed by atoms with Gasteiger partial charge in [0.25, 0.3) is 0 Å². The summed E-state index contributed by atoms with van der Waals surface area (Å²) in [6.07, 6.45) is 1.31. The van der Waals surface area contributed by atoms with Gasteiger partial charge in [-0.2, -0.15) is 0 Å². The fourth-order valence-corrected chi connectivity index (χ4v) is 5.36. The number of rotatable bonds is 12. The number of anilines is 1. The summed E-state index contributed by atoms with van der Waals surface area (Å²) in [5.74, 6) is -0.608. The lowest BCUT2D eigenvalue weighted by atomic mass is 10.0. The highest BCUT2D eigenvalue weighted by Gasteiger charge is 2.33. The Morgan fingerprint density at radius 3 is 2.18 bits per heavy atom. The molecule has 1 atom stereocenters. The van der Waals surface area contributed by atoms with E-state index in [4.69, 9.17) is 11.6 Å². The molecule has 39 heavy (non-hydrogen) atoms. The maximum Gasteiger partial charge on any atom is 0.244 e. The smallest absolute Gasteiger partial charge is 0.244 e. The van der Waals surface area contributed by atoms with Crippen LogP contribution in [-0.4, -0.2) is 50.5 Å². The first-order valence-corrected chi connectivity index (χ1v) is 15.5. The zero-order chi connectivity index (χ0) is 28.6. The number of carbonyl (C=O) groups is 2. The Labute approximate surface area is 244 Å². The molecule has 0 spiro atoms. The lowest BCUT2D eigenvalue weighted by Crippen LogP contribution is -2.53. The number of benzene rings is 3. The van der Waals surface area contributed by atoms with Crippen LogP contribution >= 0.6 is 27.5 Å². The van der Waals surface area contributed by atoms with Crippen LogP contribution in [0.3, 0.4) is 0 Å². The molecule has 0 unspecified atom stereocenters. The number of carbonyl (C=O) groups excluding carboxylic acids is 2. The van der Waals surface area contributed by atoms with Crippen molar-refractivity contribution in [2.45, 2.75) is 32.9 Å². The van der Waals surface area contributed by atoms with E-state index in [1.54, 1.807) is 42.5 Å². The van der Waals surface area contributed by atoms with E-state index in [1.165, 1.54) is 4.90 Å². The van der Waals surface area contributed by atoms with Crippen LogP contribution in [0, 0.1) is 5.92 Å². The summed E-state index contributed by atoms with van der Waals surface area (Å²) >= 11 is 9.58. The quantitative estimate of drug-likeness (QED) is 0.294. The lowest BCUT2D eigenvalue weighted by Gasteiger charge is -2.33. The van der Waals surface area contributed by atoms with Gasteiger partial charge in [-0.15, -0.1) is 0 Å². The van der Waals surface area contributed by atoms with E-state index < -0.39 is 28.5 Å². The summed E-state index contributed by atoms with van der Waals surface area (Å²) < 4.78 is 27.4. The lowest BCUT2D eigenvalue weighted by molar-refractivity contribution is -0.140. The molecule has 208 valence electrons. The number of nitrogens with one attached hydrogen (secondary N) is 1. The van der Waals surface area contributed by atoms with Crippen molar-refractivity contribution < 1.29 is 18.0 Å². The molecule has 0 aliphatic rings. The Morgan fingerprint density at radius 2 is 1.59 bits per heavy atom. The molecule has 0 saturated carbocycles. The second-order valence-corrected chi connectivity index (χ2v) is 13.0. The van der Waals surface area contributed by atoms with Gasteiger partial charge in [-0.05, 0) is 53.4 Å². The second-order valence-electron chi connectivity index (χ2n) is 9.74. The maximum atomic E-state index is 14.0. The minimum atomic E-state index is -3.82. The Hall–Kier alpha value is -2.88. The predicted molar refractivity (Wildman–Crippen MR) is 160 cm³/mol. The molecule has 0 radical (unpaired) electrons. The first kappa shape index (κ1) is 30.7. The third-order valence-electron chi connectivity index (χ3n) is 5.99. The van der Waals surface area contributed by atoms with E-state index >= 15 is 0 Å². The number of hydrogen-bond acceptors (Lipinski definition) is 4. The van der Waals surface area contributed by atoms with Gasteiger partial charge in [0.1, 0.15) is 12.6 Å². The minimum Gasteiger partial charge on any atom is -0.354 e. The van der Waals surface area contributed by atoms with Gasteiger partial charge in [0, 0.05) is 29.0 Å². The molecular weight excluding hydrogens is 602 g/mol. The molecule has 7 nitrogen and oxygen atoms in total. The van der Waals surface area contributed by atoms with Gasteiger partial charge < -0.3 is 10.2 Å². The van der Waals surface area contributed by atoms with E-state index in [0.717, 1.165) is 26.2 Å². The molecule has 1 N–H and O–H groups in total. The number of sulfonamides is 1. The van der Waals surface area contributed by atoms with Crippen molar-refractivity contribution in [3.8, 4) is 0 Å². The molecule has 0 aromatic heterocycles. The van der Waals surface area contributed by atoms with E-state index in [-0.39, 0.29) is 24.8 Å². The van der Waals surface area contributed by atoms with E-state index in [9.17, 15) is 18.0 Å². The number of nitrogens with zero attached hydrogens (tertiary/aromatic N) is 2. The molecule has 0 saturated heterocycles.